The highest BCUT2D eigenvalue weighted by molar-refractivity contribution is 5.72. The summed E-state index contributed by atoms with van der Waals surface area (Å²) in [6.45, 7) is 8.60. The van der Waals surface area contributed by atoms with Crippen LogP contribution in [0.15, 0.2) is 36.5 Å². The van der Waals surface area contributed by atoms with Crippen molar-refractivity contribution in [1.82, 2.24) is 14.7 Å². The molecular weight excluding hydrogens is 290 g/mol. The molecule has 23 heavy (non-hydrogen) atoms. The lowest BCUT2D eigenvalue weighted by Crippen LogP contribution is -2.35. The van der Waals surface area contributed by atoms with Crippen LogP contribution in [0.2, 0.25) is 0 Å². The summed E-state index contributed by atoms with van der Waals surface area (Å²) >= 11 is 0. The smallest absolute Gasteiger partial charge is 0.320 e. The molecule has 0 bridgehead atoms. The predicted octanol–water partition coefficient (Wildman–Crippen LogP) is 3.07. The summed E-state index contributed by atoms with van der Waals surface area (Å²) in [5, 5.41) is 13.9. The van der Waals surface area contributed by atoms with Crippen LogP contribution >= 0.6 is 0 Å². The van der Waals surface area contributed by atoms with Gasteiger partial charge in [-0.3, -0.25) is 9.69 Å². The SMILES string of the molecule is CC(C(=O)O)N(C)Cc1cn(-c2ccccc2)nc1C(C)(C)C. The molecule has 0 aliphatic rings. The summed E-state index contributed by atoms with van der Waals surface area (Å²) in [4.78, 5) is 13.0. The van der Waals surface area contributed by atoms with Gasteiger partial charge in [0.1, 0.15) is 6.04 Å². The second-order valence-corrected chi connectivity index (χ2v) is 6.96. The number of aromatic nitrogens is 2. The van der Waals surface area contributed by atoms with E-state index in [0.717, 1.165) is 16.9 Å². The van der Waals surface area contributed by atoms with Crippen LogP contribution < -0.4 is 0 Å². The number of hydrogen-bond acceptors (Lipinski definition) is 3. The van der Waals surface area contributed by atoms with Gasteiger partial charge in [0.25, 0.3) is 0 Å². The number of rotatable bonds is 5. The maximum absolute atomic E-state index is 11.2. The van der Waals surface area contributed by atoms with Crippen LogP contribution in [0.3, 0.4) is 0 Å². The molecular formula is C18H25N3O2. The van der Waals surface area contributed by atoms with E-state index in [1.807, 2.05) is 53.2 Å². The largest absolute Gasteiger partial charge is 0.480 e. The first-order valence-electron chi connectivity index (χ1n) is 7.77. The molecule has 124 valence electrons. The molecule has 0 saturated carbocycles. The first-order chi connectivity index (χ1) is 10.7. The maximum atomic E-state index is 11.2. The van der Waals surface area contributed by atoms with Crippen molar-refractivity contribution in [3.8, 4) is 5.69 Å². The second-order valence-electron chi connectivity index (χ2n) is 6.96. The van der Waals surface area contributed by atoms with E-state index in [2.05, 4.69) is 20.8 Å². The van der Waals surface area contributed by atoms with E-state index in [1.54, 1.807) is 6.92 Å². The zero-order valence-corrected chi connectivity index (χ0v) is 14.4. The van der Waals surface area contributed by atoms with E-state index in [4.69, 9.17) is 5.10 Å². The van der Waals surface area contributed by atoms with Crippen molar-refractivity contribution in [3.05, 3.63) is 47.8 Å². The number of carboxylic acid groups (broad SMARTS) is 1. The fraction of sp³-hybridized carbons (Fsp3) is 0.444. The molecule has 1 aromatic carbocycles. The topological polar surface area (TPSA) is 58.4 Å². The molecule has 1 atom stereocenters. The third-order valence-corrected chi connectivity index (χ3v) is 3.96. The number of benzene rings is 1. The summed E-state index contributed by atoms with van der Waals surface area (Å²) in [6.07, 6.45) is 2.00. The summed E-state index contributed by atoms with van der Waals surface area (Å²) < 4.78 is 1.87. The minimum atomic E-state index is -0.819. The van der Waals surface area contributed by atoms with Crippen molar-refractivity contribution in [3.63, 3.8) is 0 Å². The van der Waals surface area contributed by atoms with Gasteiger partial charge in [0, 0.05) is 23.7 Å². The third-order valence-electron chi connectivity index (χ3n) is 3.96. The van der Waals surface area contributed by atoms with Gasteiger partial charge in [-0.15, -0.1) is 0 Å². The van der Waals surface area contributed by atoms with Gasteiger partial charge in [0.15, 0.2) is 0 Å². The van der Waals surface area contributed by atoms with Crippen LogP contribution in [-0.4, -0.2) is 38.8 Å². The molecule has 2 aromatic rings. The van der Waals surface area contributed by atoms with Crippen molar-refractivity contribution in [2.45, 2.75) is 45.7 Å². The number of nitrogens with zero attached hydrogens (tertiary/aromatic N) is 3. The highest BCUT2D eigenvalue weighted by Crippen LogP contribution is 2.26. The summed E-state index contributed by atoms with van der Waals surface area (Å²) in [5.74, 6) is -0.819. The van der Waals surface area contributed by atoms with Gasteiger partial charge >= 0.3 is 5.97 Å². The average molecular weight is 315 g/mol. The van der Waals surface area contributed by atoms with Crippen molar-refractivity contribution in [2.24, 2.45) is 0 Å². The molecule has 0 radical (unpaired) electrons. The van der Waals surface area contributed by atoms with Gasteiger partial charge in [-0.05, 0) is 26.1 Å². The van der Waals surface area contributed by atoms with Crippen molar-refractivity contribution in [1.29, 1.82) is 0 Å². The van der Waals surface area contributed by atoms with Crippen LogP contribution in [0.5, 0.6) is 0 Å². The molecule has 1 N–H and O–H groups in total. The number of aliphatic carboxylic acids is 1. The Morgan fingerprint density at radius 3 is 2.43 bits per heavy atom. The van der Waals surface area contributed by atoms with E-state index < -0.39 is 12.0 Å². The van der Waals surface area contributed by atoms with Gasteiger partial charge in [-0.1, -0.05) is 39.0 Å². The molecule has 0 fully saturated rings. The van der Waals surface area contributed by atoms with E-state index in [0.29, 0.717) is 6.54 Å². The maximum Gasteiger partial charge on any atom is 0.320 e. The molecule has 5 heteroatoms. The van der Waals surface area contributed by atoms with E-state index in [9.17, 15) is 9.90 Å². The summed E-state index contributed by atoms with van der Waals surface area (Å²) in [6, 6.07) is 9.40. The van der Waals surface area contributed by atoms with Gasteiger partial charge < -0.3 is 5.11 Å². The zero-order valence-electron chi connectivity index (χ0n) is 14.4. The molecule has 1 heterocycles. The fourth-order valence-electron chi connectivity index (χ4n) is 2.46. The first kappa shape index (κ1) is 17.2. The van der Waals surface area contributed by atoms with Gasteiger partial charge in [-0.25, -0.2) is 4.68 Å². The lowest BCUT2D eigenvalue weighted by atomic mass is 9.89. The van der Waals surface area contributed by atoms with E-state index >= 15 is 0 Å². The molecule has 0 spiro atoms. The van der Waals surface area contributed by atoms with Crippen LogP contribution in [0.25, 0.3) is 5.69 Å². The van der Waals surface area contributed by atoms with Gasteiger partial charge in [0.2, 0.25) is 0 Å². The Balaban J connectivity index is 2.38. The van der Waals surface area contributed by atoms with Crippen LogP contribution in [-0.2, 0) is 16.8 Å². The minimum absolute atomic E-state index is 0.108. The number of para-hydroxylation sites is 1. The van der Waals surface area contributed by atoms with Gasteiger partial charge in [0.05, 0.1) is 11.4 Å². The number of likely N-dealkylation sites (N-methyl/N-ethyl adjacent to an activating group) is 1. The number of carboxylic acids is 1. The van der Waals surface area contributed by atoms with Crippen molar-refractivity contribution in [2.75, 3.05) is 7.05 Å². The normalized spacial score (nSPS) is 13.3. The molecule has 2 rings (SSSR count). The molecule has 0 aliphatic heterocycles. The molecule has 1 aromatic heterocycles. The molecule has 0 aliphatic carbocycles. The third kappa shape index (κ3) is 3.99. The number of hydrogen-bond donors (Lipinski definition) is 1. The summed E-state index contributed by atoms with van der Waals surface area (Å²) in [7, 11) is 1.82. The quantitative estimate of drug-likeness (QED) is 0.921. The average Bonchev–Trinajstić information content (AvgIpc) is 2.91. The zero-order chi connectivity index (χ0) is 17.2. The summed E-state index contributed by atoms with van der Waals surface area (Å²) in [5.41, 5.74) is 2.93. The fourth-order valence-corrected chi connectivity index (χ4v) is 2.46. The molecule has 0 amide bonds. The second kappa shape index (κ2) is 6.54. The van der Waals surface area contributed by atoms with E-state index in [1.165, 1.54) is 0 Å². The predicted molar refractivity (Wildman–Crippen MR) is 90.8 cm³/mol. The van der Waals surface area contributed by atoms with Crippen LogP contribution in [0.4, 0.5) is 0 Å². The van der Waals surface area contributed by atoms with Crippen LogP contribution in [0.1, 0.15) is 39.0 Å². The first-order valence-corrected chi connectivity index (χ1v) is 7.77. The highest BCUT2D eigenvalue weighted by Gasteiger charge is 2.25. The van der Waals surface area contributed by atoms with Crippen molar-refractivity contribution >= 4 is 5.97 Å². The monoisotopic (exact) mass is 315 g/mol. The molecule has 5 nitrogen and oxygen atoms in total. The lowest BCUT2D eigenvalue weighted by molar-refractivity contribution is -0.142. The standard InChI is InChI=1S/C18H25N3O2/c1-13(17(22)23)20(5)11-14-12-21(15-9-7-6-8-10-15)19-16(14)18(2,3)4/h6-10,12-13H,11H2,1-5H3,(H,22,23). The number of carbonyl (C=O) groups is 1. The highest BCUT2D eigenvalue weighted by atomic mass is 16.4. The van der Waals surface area contributed by atoms with Gasteiger partial charge in [-0.2, -0.15) is 5.10 Å². The molecule has 1 unspecified atom stereocenters. The van der Waals surface area contributed by atoms with Crippen LogP contribution in [0, 0.1) is 0 Å². The Hall–Kier alpha value is -2.14. The Morgan fingerprint density at radius 2 is 1.91 bits per heavy atom. The Kier molecular flexibility index (Phi) is 4.90. The lowest BCUT2D eigenvalue weighted by Gasteiger charge is -2.23. The van der Waals surface area contributed by atoms with E-state index in [-0.39, 0.29) is 5.41 Å². The Morgan fingerprint density at radius 1 is 1.30 bits per heavy atom. The minimum Gasteiger partial charge on any atom is -0.480 e. The Labute approximate surface area is 137 Å². The van der Waals surface area contributed by atoms with Crippen molar-refractivity contribution < 1.29 is 9.90 Å². The molecule has 0 saturated heterocycles. The Bertz CT molecular complexity index is 671.